The zero-order chi connectivity index (χ0) is 21.0. The summed E-state index contributed by atoms with van der Waals surface area (Å²) in [6, 6.07) is 6.74. The standard InChI is InChI=1S/C21H34N2O5/c1-5-6-7-8-12-27-18-10-9-11-19(14-18)28-16-20(24)22-17(13-21(25)26)15-23(2,3)4/h9-11,14,17H,5-8,12-13,15-16H2,1-4H3,(H-,22,24,25,26)/p+1/t17-/m1/s1. The highest BCUT2D eigenvalue weighted by atomic mass is 16.5. The molecule has 158 valence electrons. The Kier molecular flexibility index (Phi) is 10.4. The third-order valence-electron chi connectivity index (χ3n) is 4.00. The lowest BCUT2D eigenvalue weighted by Crippen LogP contribution is -2.50. The molecule has 1 atom stereocenters. The van der Waals surface area contributed by atoms with Crippen LogP contribution in [0.15, 0.2) is 24.3 Å². The Balaban J connectivity index is 2.47. The van der Waals surface area contributed by atoms with Crippen molar-refractivity contribution in [2.24, 2.45) is 0 Å². The molecule has 0 aliphatic heterocycles. The van der Waals surface area contributed by atoms with Crippen LogP contribution in [0.5, 0.6) is 11.5 Å². The van der Waals surface area contributed by atoms with Gasteiger partial charge in [-0.1, -0.05) is 32.3 Å². The van der Waals surface area contributed by atoms with Crippen LogP contribution in [0.25, 0.3) is 0 Å². The first kappa shape index (κ1) is 23.8. The lowest BCUT2D eigenvalue weighted by atomic mass is 10.2. The number of hydrogen-bond donors (Lipinski definition) is 2. The van der Waals surface area contributed by atoms with E-state index in [1.165, 1.54) is 12.8 Å². The summed E-state index contributed by atoms with van der Waals surface area (Å²) in [7, 11) is 5.85. The number of nitrogens with zero attached hydrogens (tertiary/aromatic N) is 1. The van der Waals surface area contributed by atoms with E-state index in [1.54, 1.807) is 12.1 Å². The van der Waals surface area contributed by atoms with Gasteiger partial charge in [-0.2, -0.15) is 0 Å². The molecular weight excluding hydrogens is 360 g/mol. The van der Waals surface area contributed by atoms with Crippen LogP contribution >= 0.6 is 0 Å². The molecule has 7 heteroatoms. The monoisotopic (exact) mass is 395 g/mol. The molecule has 1 amide bonds. The van der Waals surface area contributed by atoms with E-state index in [1.807, 2.05) is 33.3 Å². The SMILES string of the molecule is CCCCCCOc1cccc(OCC(=O)N[C@H](CC(=O)O)C[N+](C)(C)C)c1. The molecule has 0 saturated carbocycles. The fraction of sp³-hybridized carbons (Fsp3) is 0.619. The van der Waals surface area contributed by atoms with Crippen molar-refractivity contribution in [3.8, 4) is 11.5 Å². The van der Waals surface area contributed by atoms with Crippen LogP contribution in [0, 0.1) is 0 Å². The van der Waals surface area contributed by atoms with Crippen molar-refractivity contribution in [1.82, 2.24) is 5.32 Å². The molecule has 28 heavy (non-hydrogen) atoms. The number of aliphatic carboxylic acids is 1. The number of carbonyl (C=O) groups is 2. The second kappa shape index (κ2) is 12.2. The van der Waals surface area contributed by atoms with Gasteiger partial charge in [0.15, 0.2) is 6.61 Å². The normalized spacial score (nSPS) is 12.3. The van der Waals surface area contributed by atoms with Crippen LogP contribution in [0.2, 0.25) is 0 Å². The van der Waals surface area contributed by atoms with Crippen molar-refractivity contribution in [2.75, 3.05) is 40.9 Å². The maximum atomic E-state index is 12.2. The Morgan fingerprint density at radius 1 is 1.11 bits per heavy atom. The Morgan fingerprint density at radius 3 is 2.39 bits per heavy atom. The summed E-state index contributed by atoms with van der Waals surface area (Å²) in [5.74, 6) is -0.0279. The number of quaternary nitrogens is 1. The molecule has 0 heterocycles. The highest BCUT2D eigenvalue weighted by molar-refractivity contribution is 5.78. The summed E-state index contributed by atoms with van der Waals surface area (Å²) in [5.41, 5.74) is 0. The first-order valence-electron chi connectivity index (χ1n) is 9.87. The number of nitrogens with one attached hydrogen (secondary N) is 1. The van der Waals surface area contributed by atoms with E-state index < -0.39 is 12.0 Å². The Labute approximate surface area is 168 Å². The maximum Gasteiger partial charge on any atom is 0.305 e. The van der Waals surface area contributed by atoms with Crippen molar-refractivity contribution < 1.29 is 28.7 Å². The summed E-state index contributed by atoms with van der Waals surface area (Å²) in [6.07, 6.45) is 4.44. The van der Waals surface area contributed by atoms with Gasteiger partial charge in [-0.25, -0.2) is 0 Å². The first-order chi connectivity index (χ1) is 13.2. The second-order valence-corrected chi connectivity index (χ2v) is 8.01. The maximum absolute atomic E-state index is 12.2. The topological polar surface area (TPSA) is 84.9 Å². The van der Waals surface area contributed by atoms with Gasteiger partial charge < -0.3 is 24.4 Å². The molecule has 0 saturated heterocycles. The Bertz CT molecular complexity index is 613. The molecule has 7 nitrogen and oxygen atoms in total. The van der Waals surface area contributed by atoms with Gasteiger partial charge in [0.05, 0.1) is 46.8 Å². The van der Waals surface area contributed by atoms with Crippen molar-refractivity contribution in [1.29, 1.82) is 0 Å². The van der Waals surface area contributed by atoms with Gasteiger partial charge in [0.2, 0.25) is 0 Å². The number of unbranched alkanes of at least 4 members (excludes halogenated alkanes) is 3. The lowest BCUT2D eigenvalue weighted by molar-refractivity contribution is -0.871. The minimum atomic E-state index is -0.941. The second-order valence-electron chi connectivity index (χ2n) is 8.01. The Hall–Kier alpha value is -2.28. The number of carbonyl (C=O) groups excluding carboxylic acids is 1. The zero-order valence-corrected chi connectivity index (χ0v) is 17.6. The van der Waals surface area contributed by atoms with Gasteiger partial charge in [-0.05, 0) is 18.6 Å². The van der Waals surface area contributed by atoms with Gasteiger partial charge in [0.1, 0.15) is 11.5 Å². The highest BCUT2D eigenvalue weighted by Crippen LogP contribution is 2.19. The summed E-state index contributed by atoms with van der Waals surface area (Å²) < 4.78 is 11.8. The van der Waals surface area contributed by atoms with Crippen LogP contribution < -0.4 is 14.8 Å². The molecule has 0 aromatic heterocycles. The predicted octanol–water partition coefficient (Wildman–Crippen LogP) is 2.69. The number of carboxylic acid groups (broad SMARTS) is 1. The zero-order valence-electron chi connectivity index (χ0n) is 17.6. The van der Waals surface area contributed by atoms with Gasteiger partial charge >= 0.3 is 5.97 Å². The fourth-order valence-corrected chi connectivity index (χ4v) is 2.82. The van der Waals surface area contributed by atoms with Crippen LogP contribution in [-0.2, 0) is 9.59 Å². The fourth-order valence-electron chi connectivity index (χ4n) is 2.82. The summed E-state index contributed by atoms with van der Waals surface area (Å²) in [6.45, 7) is 3.17. The Morgan fingerprint density at radius 2 is 1.79 bits per heavy atom. The summed E-state index contributed by atoms with van der Waals surface area (Å²) in [4.78, 5) is 23.2. The third kappa shape index (κ3) is 11.4. The van der Waals surface area contributed by atoms with E-state index in [0.29, 0.717) is 29.1 Å². The van der Waals surface area contributed by atoms with E-state index >= 15 is 0 Å². The molecule has 1 aromatic rings. The van der Waals surface area contributed by atoms with Crippen LogP contribution in [0.3, 0.4) is 0 Å². The predicted molar refractivity (Wildman–Crippen MR) is 109 cm³/mol. The molecule has 0 aliphatic carbocycles. The molecule has 0 fully saturated rings. The molecule has 0 unspecified atom stereocenters. The largest absolute Gasteiger partial charge is 0.493 e. The average molecular weight is 396 g/mol. The highest BCUT2D eigenvalue weighted by Gasteiger charge is 2.23. The number of ether oxygens (including phenoxy) is 2. The quantitative estimate of drug-likeness (QED) is 0.374. The minimum Gasteiger partial charge on any atom is -0.493 e. The van der Waals surface area contributed by atoms with Crippen molar-refractivity contribution in [3.63, 3.8) is 0 Å². The number of benzene rings is 1. The third-order valence-corrected chi connectivity index (χ3v) is 4.00. The number of likely N-dealkylation sites (N-methyl/N-ethyl adjacent to an activating group) is 1. The van der Waals surface area contributed by atoms with Crippen LogP contribution in [-0.4, -0.2) is 68.4 Å². The molecule has 0 aliphatic rings. The van der Waals surface area contributed by atoms with Gasteiger partial charge in [-0.3, -0.25) is 9.59 Å². The molecule has 0 radical (unpaired) electrons. The molecular formula is C21H35N2O5+. The molecule has 1 rings (SSSR count). The van der Waals surface area contributed by atoms with E-state index in [4.69, 9.17) is 14.6 Å². The van der Waals surface area contributed by atoms with E-state index in [-0.39, 0.29) is 18.9 Å². The van der Waals surface area contributed by atoms with E-state index in [2.05, 4.69) is 12.2 Å². The number of rotatable bonds is 14. The van der Waals surface area contributed by atoms with Crippen molar-refractivity contribution in [3.05, 3.63) is 24.3 Å². The number of amides is 1. The first-order valence-corrected chi connectivity index (χ1v) is 9.87. The van der Waals surface area contributed by atoms with E-state index in [0.717, 1.165) is 12.8 Å². The molecule has 2 N–H and O–H groups in total. The molecule has 1 aromatic carbocycles. The molecule has 0 bridgehead atoms. The summed E-state index contributed by atoms with van der Waals surface area (Å²) in [5, 5.41) is 11.8. The number of carboxylic acids is 1. The minimum absolute atomic E-state index is 0.122. The van der Waals surface area contributed by atoms with E-state index in [9.17, 15) is 9.59 Å². The van der Waals surface area contributed by atoms with Crippen LogP contribution in [0.4, 0.5) is 0 Å². The summed E-state index contributed by atoms with van der Waals surface area (Å²) >= 11 is 0. The van der Waals surface area contributed by atoms with Crippen LogP contribution in [0.1, 0.15) is 39.0 Å². The average Bonchev–Trinajstić information content (AvgIpc) is 2.58. The van der Waals surface area contributed by atoms with Crippen molar-refractivity contribution in [2.45, 2.75) is 45.1 Å². The van der Waals surface area contributed by atoms with Gasteiger partial charge in [-0.15, -0.1) is 0 Å². The smallest absolute Gasteiger partial charge is 0.305 e. The molecule has 0 spiro atoms. The number of hydrogen-bond acceptors (Lipinski definition) is 4. The van der Waals surface area contributed by atoms with Gasteiger partial charge in [0.25, 0.3) is 5.91 Å². The lowest BCUT2D eigenvalue weighted by Gasteiger charge is -2.29. The van der Waals surface area contributed by atoms with Crippen molar-refractivity contribution >= 4 is 11.9 Å². The van der Waals surface area contributed by atoms with Gasteiger partial charge in [0, 0.05) is 6.07 Å².